The van der Waals surface area contributed by atoms with Gasteiger partial charge in [0.1, 0.15) is 0 Å². The summed E-state index contributed by atoms with van der Waals surface area (Å²) in [6.45, 7) is 1.63. The van der Waals surface area contributed by atoms with Crippen LogP contribution in [0.3, 0.4) is 0 Å². The Morgan fingerprint density at radius 2 is 1.77 bits per heavy atom. The highest BCUT2D eigenvalue weighted by Crippen LogP contribution is 2.33. The molecule has 1 aliphatic rings. The zero-order valence-corrected chi connectivity index (χ0v) is 16.3. The van der Waals surface area contributed by atoms with Gasteiger partial charge in [-0.15, -0.1) is 0 Å². The largest absolute Gasteiger partial charge is 0.390 e. The van der Waals surface area contributed by atoms with Crippen LogP contribution in [-0.4, -0.2) is 45.6 Å². The third-order valence-electron chi connectivity index (χ3n) is 4.29. The highest BCUT2D eigenvalue weighted by atomic mass is 35.5. The van der Waals surface area contributed by atoms with Crippen molar-refractivity contribution in [3.63, 3.8) is 0 Å². The molecule has 26 heavy (non-hydrogen) atoms. The predicted octanol–water partition coefficient (Wildman–Crippen LogP) is 2.00. The monoisotopic (exact) mass is 415 g/mol. The first kappa shape index (κ1) is 19.2. The zero-order chi connectivity index (χ0) is 19.1. The number of sulfone groups is 1. The summed E-state index contributed by atoms with van der Waals surface area (Å²) in [5, 5.41) is 10.5. The fourth-order valence-electron chi connectivity index (χ4n) is 3.08. The van der Waals surface area contributed by atoms with E-state index in [1.54, 1.807) is 49.4 Å². The van der Waals surface area contributed by atoms with Crippen LogP contribution in [0.15, 0.2) is 53.4 Å². The maximum Gasteiger partial charge on any atom is 0.265 e. The summed E-state index contributed by atoms with van der Waals surface area (Å²) in [4.78, 5) is -0.0228. The number of aliphatic hydroxyl groups is 1. The van der Waals surface area contributed by atoms with Gasteiger partial charge in [-0.25, -0.2) is 16.8 Å². The normalized spacial score (nSPS) is 22.3. The Labute approximate surface area is 158 Å². The first-order valence-corrected chi connectivity index (χ1v) is 11.5. The number of halogens is 1. The minimum Gasteiger partial charge on any atom is -0.390 e. The maximum absolute atomic E-state index is 13.4. The van der Waals surface area contributed by atoms with E-state index in [4.69, 9.17) is 11.6 Å². The summed E-state index contributed by atoms with van der Waals surface area (Å²) in [5.41, 5.74) is 0.763. The van der Waals surface area contributed by atoms with Gasteiger partial charge in [-0.05, 0) is 36.8 Å². The van der Waals surface area contributed by atoms with Crippen molar-refractivity contribution >= 4 is 37.1 Å². The van der Waals surface area contributed by atoms with E-state index in [0.717, 1.165) is 4.31 Å². The molecule has 2 aromatic rings. The van der Waals surface area contributed by atoms with E-state index in [1.807, 2.05) is 0 Å². The smallest absolute Gasteiger partial charge is 0.265 e. The first-order chi connectivity index (χ1) is 12.1. The van der Waals surface area contributed by atoms with Crippen molar-refractivity contribution in [2.45, 2.75) is 24.0 Å². The van der Waals surface area contributed by atoms with Crippen LogP contribution in [-0.2, 0) is 19.9 Å². The first-order valence-electron chi connectivity index (χ1n) is 7.86. The molecule has 2 aromatic carbocycles. The van der Waals surface area contributed by atoms with Gasteiger partial charge in [0.25, 0.3) is 10.0 Å². The Morgan fingerprint density at radius 1 is 1.12 bits per heavy atom. The number of aliphatic hydroxyl groups excluding tert-OH is 1. The van der Waals surface area contributed by atoms with Crippen LogP contribution in [0.5, 0.6) is 0 Å². The molecule has 0 amide bonds. The zero-order valence-electron chi connectivity index (χ0n) is 13.9. The van der Waals surface area contributed by atoms with Gasteiger partial charge in [-0.3, -0.25) is 4.31 Å². The van der Waals surface area contributed by atoms with Crippen LogP contribution in [0.2, 0.25) is 5.02 Å². The molecule has 1 saturated heterocycles. The summed E-state index contributed by atoms with van der Waals surface area (Å²) in [7, 11) is -7.69. The second-order valence-corrected chi connectivity index (χ2v) is 10.6. The molecule has 0 spiro atoms. The van der Waals surface area contributed by atoms with Crippen molar-refractivity contribution < 1.29 is 21.9 Å². The number of hydrogen-bond donors (Lipinski definition) is 1. The molecule has 0 radical (unpaired) electrons. The van der Waals surface area contributed by atoms with Gasteiger partial charge in [-0.2, -0.15) is 0 Å². The van der Waals surface area contributed by atoms with Gasteiger partial charge in [0.05, 0.1) is 34.2 Å². The van der Waals surface area contributed by atoms with Crippen LogP contribution in [0.25, 0.3) is 0 Å². The molecule has 6 nitrogen and oxygen atoms in total. The van der Waals surface area contributed by atoms with Crippen molar-refractivity contribution in [1.29, 1.82) is 0 Å². The molecule has 0 bridgehead atoms. The molecular weight excluding hydrogens is 398 g/mol. The Morgan fingerprint density at radius 3 is 2.35 bits per heavy atom. The van der Waals surface area contributed by atoms with Gasteiger partial charge in [-0.1, -0.05) is 35.9 Å². The standard InChI is InChI=1S/C17H18ClNO5S2/c1-12-7-8-13(18)9-17(12)26(23,24)19(14-5-3-2-4-6-14)15-10-25(21,22)11-16(15)20/h2-9,15-16,20H,10-11H2,1H3/t15-,16+/m1/s1. The van der Waals surface area contributed by atoms with Crippen molar-refractivity contribution in [3.05, 3.63) is 59.1 Å². The van der Waals surface area contributed by atoms with Gasteiger partial charge >= 0.3 is 0 Å². The lowest BCUT2D eigenvalue weighted by molar-refractivity contribution is 0.184. The van der Waals surface area contributed by atoms with E-state index in [9.17, 15) is 21.9 Å². The van der Waals surface area contributed by atoms with Crippen molar-refractivity contribution in [3.8, 4) is 0 Å². The van der Waals surface area contributed by atoms with E-state index in [-0.39, 0.29) is 15.6 Å². The minimum absolute atomic E-state index is 0.0228. The van der Waals surface area contributed by atoms with Crippen LogP contribution < -0.4 is 4.31 Å². The van der Waals surface area contributed by atoms with Crippen LogP contribution in [0.4, 0.5) is 5.69 Å². The molecule has 0 unspecified atom stereocenters. The van der Waals surface area contributed by atoms with Gasteiger partial charge in [0.2, 0.25) is 0 Å². The van der Waals surface area contributed by atoms with E-state index in [0.29, 0.717) is 5.56 Å². The van der Waals surface area contributed by atoms with Gasteiger partial charge in [0.15, 0.2) is 9.84 Å². The lowest BCUT2D eigenvalue weighted by Crippen LogP contribution is -2.47. The van der Waals surface area contributed by atoms with Crippen LogP contribution in [0, 0.1) is 6.92 Å². The van der Waals surface area contributed by atoms with Crippen molar-refractivity contribution in [2.75, 3.05) is 15.8 Å². The van der Waals surface area contributed by atoms with Gasteiger partial charge < -0.3 is 5.11 Å². The molecule has 140 valence electrons. The maximum atomic E-state index is 13.4. The summed E-state index contributed by atoms with van der Waals surface area (Å²) >= 11 is 5.98. The molecule has 3 rings (SSSR count). The molecular formula is C17H18ClNO5S2. The molecule has 1 N–H and O–H groups in total. The SMILES string of the molecule is Cc1ccc(Cl)cc1S(=O)(=O)N(c1ccccc1)[C@@H]1CS(=O)(=O)C[C@@H]1O. The molecule has 0 aromatic heterocycles. The third kappa shape index (κ3) is 3.59. The number of sulfonamides is 1. The highest BCUT2D eigenvalue weighted by molar-refractivity contribution is 7.93. The Hall–Kier alpha value is -1.61. The second kappa shape index (κ2) is 6.84. The quantitative estimate of drug-likeness (QED) is 0.824. The third-order valence-corrected chi connectivity index (χ3v) is 8.22. The summed E-state index contributed by atoms with van der Waals surface area (Å²) < 4.78 is 51.8. The molecule has 2 atom stereocenters. The molecule has 1 fully saturated rings. The minimum atomic E-state index is -4.15. The number of aryl methyl sites for hydroxylation is 1. The average molecular weight is 416 g/mol. The van der Waals surface area contributed by atoms with Crippen molar-refractivity contribution in [2.24, 2.45) is 0 Å². The number of benzene rings is 2. The Kier molecular flexibility index (Phi) is 5.04. The lowest BCUT2D eigenvalue weighted by atomic mass is 10.2. The van der Waals surface area contributed by atoms with Crippen molar-refractivity contribution in [1.82, 2.24) is 0 Å². The predicted molar refractivity (Wildman–Crippen MR) is 101 cm³/mol. The van der Waals surface area contributed by atoms with E-state index < -0.39 is 43.5 Å². The van der Waals surface area contributed by atoms with Gasteiger partial charge in [0, 0.05) is 5.02 Å². The van der Waals surface area contributed by atoms with E-state index in [2.05, 4.69) is 0 Å². The fourth-order valence-corrected chi connectivity index (χ4v) is 7.11. The number of rotatable bonds is 4. The molecule has 0 aliphatic carbocycles. The summed E-state index contributed by atoms with van der Waals surface area (Å²) in [6.07, 6.45) is -1.31. The Bertz CT molecular complexity index is 1020. The second-order valence-electron chi connectivity index (χ2n) is 6.26. The van der Waals surface area contributed by atoms with E-state index >= 15 is 0 Å². The lowest BCUT2D eigenvalue weighted by Gasteiger charge is -2.32. The number of anilines is 1. The van der Waals surface area contributed by atoms with Crippen LogP contribution in [0.1, 0.15) is 5.56 Å². The fraction of sp³-hybridized carbons (Fsp3) is 0.294. The number of para-hydroxylation sites is 1. The summed E-state index contributed by atoms with van der Waals surface area (Å²) in [6, 6.07) is 11.5. The molecule has 0 saturated carbocycles. The topological polar surface area (TPSA) is 91.8 Å². The summed E-state index contributed by atoms with van der Waals surface area (Å²) in [5.74, 6) is -0.910. The average Bonchev–Trinajstić information content (AvgIpc) is 2.83. The molecule has 1 heterocycles. The molecule has 1 aliphatic heterocycles. The molecule has 9 heteroatoms. The van der Waals surface area contributed by atoms with E-state index in [1.165, 1.54) is 6.07 Å². The highest BCUT2D eigenvalue weighted by Gasteiger charge is 2.45. The van der Waals surface area contributed by atoms with Crippen LogP contribution >= 0.6 is 11.6 Å². The Balaban J connectivity index is 2.20. The number of nitrogens with zero attached hydrogens (tertiary/aromatic N) is 1. The number of hydrogen-bond acceptors (Lipinski definition) is 5.